The average Bonchev–Trinajstić information content (AvgIpc) is 2.28. The molecule has 0 spiro atoms. The van der Waals surface area contributed by atoms with Crippen molar-refractivity contribution < 1.29 is 9.59 Å². The van der Waals surface area contributed by atoms with Gasteiger partial charge in [-0.3, -0.25) is 9.59 Å². The number of carbonyl (C=O) groups is 2. The molecule has 0 radical (unpaired) electrons. The van der Waals surface area contributed by atoms with Crippen LogP contribution in [0.3, 0.4) is 0 Å². The predicted molar refractivity (Wildman–Crippen MR) is 66.9 cm³/mol. The first-order chi connectivity index (χ1) is 7.58. The van der Waals surface area contributed by atoms with Crippen molar-refractivity contribution in [3.05, 3.63) is 28.2 Å². The summed E-state index contributed by atoms with van der Waals surface area (Å²) < 4.78 is 0.872. The molecule has 0 aliphatic rings. The van der Waals surface area contributed by atoms with E-state index in [2.05, 4.69) is 21.2 Å². The number of halogens is 1. The Labute approximate surface area is 103 Å². The lowest BCUT2D eigenvalue weighted by Gasteiger charge is -2.20. The number of hydrogen-bond donors (Lipinski definition) is 1. The third-order valence-electron chi connectivity index (χ3n) is 2.19. The van der Waals surface area contributed by atoms with Gasteiger partial charge in [0.1, 0.15) is 0 Å². The zero-order valence-electron chi connectivity index (χ0n) is 9.16. The molecule has 0 atom stereocenters. The highest BCUT2D eigenvalue weighted by molar-refractivity contribution is 9.10. The molecule has 1 N–H and O–H groups in total. The number of aldehydes is 1. The van der Waals surface area contributed by atoms with E-state index in [0.29, 0.717) is 5.56 Å². The Hall–Kier alpha value is -1.36. The maximum atomic E-state index is 11.2. The Morgan fingerprint density at radius 1 is 1.56 bits per heavy atom. The van der Waals surface area contributed by atoms with Crippen LogP contribution in [0, 0.1) is 0 Å². The first kappa shape index (κ1) is 12.7. The van der Waals surface area contributed by atoms with Gasteiger partial charge in [0.25, 0.3) is 0 Å². The van der Waals surface area contributed by atoms with Crippen LogP contribution in [0.5, 0.6) is 0 Å². The van der Waals surface area contributed by atoms with Gasteiger partial charge in [0.05, 0.1) is 6.54 Å². The molecule has 0 aliphatic heterocycles. The number of nitrogens with zero attached hydrogens (tertiary/aromatic N) is 1. The average molecular weight is 285 g/mol. The Kier molecular flexibility index (Phi) is 4.49. The van der Waals surface area contributed by atoms with Crippen molar-refractivity contribution in [3.63, 3.8) is 0 Å². The minimum absolute atomic E-state index is 0.0978. The molecule has 0 fully saturated rings. The normalized spacial score (nSPS) is 9.69. The molecule has 0 saturated carbocycles. The standard InChI is InChI=1S/C11H13BrN2O2/c1-13-11(16)6-14(2)10-5-9(12)4-3-8(10)7-15/h3-5,7H,6H2,1-2H3,(H,13,16). The molecule has 0 heterocycles. The highest BCUT2D eigenvalue weighted by Gasteiger charge is 2.10. The van der Waals surface area contributed by atoms with E-state index in [-0.39, 0.29) is 12.5 Å². The lowest BCUT2D eigenvalue weighted by atomic mass is 10.2. The Morgan fingerprint density at radius 3 is 2.81 bits per heavy atom. The van der Waals surface area contributed by atoms with Crippen molar-refractivity contribution in [2.45, 2.75) is 0 Å². The van der Waals surface area contributed by atoms with Crippen LogP contribution < -0.4 is 10.2 Å². The van der Waals surface area contributed by atoms with Crippen LogP contribution in [0.15, 0.2) is 22.7 Å². The van der Waals surface area contributed by atoms with Gasteiger partial charge in [-0.15, -0.1) is 0 Å². The van der Waals surface area contributed by atoms with E-state index in [1.807, 2.05) is 6.07 Å². The molecule has 1 aromatic carbocycles. The minimum Gasteiger partial charge on any atom is -0.365 e. The predicted octanol–water partition coefficient (Wildman–Crippen LogP) is 1.44. The topological polar surface area (TPSA) is 49.4 Å². The van der Waals surface area contributed by atoms with E-state index in [4.69, 9.17) is 0 Å². The summed E-state index contributed by atoms with van der Waals surface area (Å²) in [5.74, 6) is -0.0978. The van der Waals surface area contributed by atoms with Crippen molar-refractivity contribution >= 4 is 33.8 Å². The third kappa shape index (κ3) is 3.06. The van der Waals surface area contributed by atoms with Gasteiger partial charge in [-0.1, -0.05) is 15.9 Å². The fourth-order valence-corrected chi connectivity index (χ4v) is 1.68. The second-order valence-corrected chi connectivity index (χ2v) is 4.27. The lowest BCUT2D eigenvalue weighted by molar-refractivity contribution is -0.119. The number of benzene rings is 1. The molecule has 0 unspecified atom stereocenters. The Balaban J connectivity index is 2.96. The zero-order valence-corrected chi connectivity index (χ0v) is 10.7. The van der Waals surface area contributed by atoms with Gasteiger partial charge in [0.2, 0.25) is 5.91 Å². The molecule has 0 aliphatic carbocycles. The maximum absolute atomic E-state index is 11.2. The van der Waals surface area contributed by atoms with Crippen molar-refractivity contribution in [3.8, 4) is 0 Å². The molecule has 1 aromatic rings. The maximum Gasteiger partial charge on any atom is 0.239 e. The number of hydrogen-bond acceptors (Lipinski definition) is 3. The molecule has 0 saturated heterocycles. The van der Waals surface area contributed by atoms with Gasteiger partial charge in [-0.25, -0.2) is 0 Å². The largest absolute Gasteiger partial charge is 0.365 e. The van der Waals surface area contributed by atoms with Gasteiger partial charge in [0, 0.05) is 29.8 Å². The quantitative estimate of drug-likeness (QED) is 0.852. The molecule has 86 valence electrons. The SMILES string of the molecule is CNC(=O)CN(C)c1cc(Br)ccc1C=O. The smallest absolute Gasteiger partial charge is 0.239 e. The van der Waals surface area contributed by atoms with Gasteiger partial charge in [0.15, 0.2) is 6.29 Å². The Bertz CT molecular complexity index is 407. The second-order valence-electron chi connectivity index (χ2n) is 3.35. The van der Waals surface area contributed by atoms with Crippen molar-refractivity contribution in [1.82, 2.24) is 5.32 Å². The number of likely N-dealkylation sites (N-methyl/N-ethyl adjacent to an activating group) is 2. The molecular weight excluding hydrogens is 272 g/mol. The molecule has 4 nitrogen and oxygen atoms in total. The van der Waals surface area contributed by atoms with Crippen molar-refractivity contribution in [2.24, 2.45) is 0 Å². The van der Waals surface area contributed by atoms with Crippen LogP contribution >= 0.6 is 15.9 Å². The third-order valence-corrected chi connectivity index (χ3v) is 2.68. The van der Waals surface area contributed by atoms with E-state index in [0.717, 1.165) is 16.4 Å². The molecular formula is C11H13BrN2O2. The summed E-state index contributed by atoms with van der Waals surface area (Å²) in [6.45, 7) is 0.216. The van der Waals surface area contributed by atoms with Crippen LogP contribution in [0.25, 0.3) is 0 Å². The Morgan fingerprint density at radius 2 is 2.25 bits per heavy atom. The summed E-state index contributed by atoms with van der Waals surface area (Å²) in [7, 11) is 3.35. The molecule has 0 bridgehead atoms. The molecule has 5 heteroatoms. The van der Waals surface area contributed by atoms with Gasteiger partial charge in [-0.2, -0.15) is 0 Å². The van der Waals surface area contributed by atoms with Gasteiger partial charge >= 0.3 is 0 Å². The number of nitrogens with one attached hydrogen (secondary N) is 1. The van der Waals surface area contributed by atoms with Crippen LogP contribution in [-0.4, -0.2) is 32.8 Å². The van der Waals surface area contributed by atoms with Crippen molar-refractivity contribution in [1.29, 1.82) is 0 Å². The number of amides is 1. The monoisotopic (exact) mass is 284 g/mol. The van der Waals surface area contributed by atoms with E-state index in [1.165, 1.54) is 0 Å². The van der Waals surface area contributed by atoms with Gasteiger partial charge < -0.3 is 10.2 Å². The summed E-state index contributed by atoms with van der Waals surface area (Å²) in [4.78, 5) is 23.8. The van der Waals surface area contributed by atoms with E-state index < -0.39 is 0 Å². The van der Waals surface area contributed by atoms with Crippen molar-refractivity contribution in [2.75, 3.05) is 25.5 Å². The minimum atomic E-state index is -0.0978. The summed E-state index contributed by atoms with van der Waals surface area (Å²) in [6.07, 6.45) is 0.780. The fourth-order valence-electron chi connectivity index (χ4n) is 1.33. The van der Waals surface area contributed by atoms with E-state index in [9.17, 15) is 9.59 Å². The van der Waals surface area contributed by atoms with E-state index >= 15 is 0 Å². The lowest BCUT2D eigenvalue weighted by Crippen LogP contribution is -2.33. The summed E-state index contributed by atoms with van der Waals surface area (Å²) in [6, 6.07) is 5.32. The summed E-state index contributed by atoms with van der Waals surface area (Å²) in [5.41, 5.74) is 1.29. The highest BCUT2D eigenvalue weighted by Crippen LogP contribution is 2.22. The highest BCUT2D eigenvalue weighted by atomic mass is 79.9. The van der Waals surface area contributed by atoms with Gasteiger partial charge in [-0.05, 0) is 18.2 Å². The van der Waals surface area contributed by atoms with Crippen LogP contribution in [-0.2, 0) is 4.79 Å². The number of rotatable bonds is 4. The molecule has 1 rings (SSSR count). The van der Waals surface area contributed by atoms with Crippen LogP contribution in [0.4, 0.5) is 5.69 Å². The summed E-state index contributed by atoms with van der Waals surface area (Å²) >= 11 is 3.33. The van der Waals surface area contributed by atoms with E-state index in [1.54, 1.807) is 31.1 Å². The molecule has 1 amide bonds. The number of carbonyl (C=O) groups excluding carboxylic acids is 2. The zero-order chi connectivity index (χ0) is 12.1. The van der Waals surface area contributed by atoms with Crippen LogP contribution in [0.1, 0.15) is 10.4 Å². The number of anilines is 1. The first-order valence-electron chi connectivity index (χ1n) is 4.75. The van der Waals surface area contributed by atoms with Crippen LogP contribution in [0.2, 0.25) is 0 Å². The molecule has 16 heavy (non-hydrogen) atoms. The fraction of sp³-hybridized carbons (Fsp3) is 0.273. The molecule has 0 aromatic heterocycles. The first-order valence-corrected chi connectivity index (χ1v) is 5.54. The second kappa shape index (κ2) is 5.65. The summed E-state index contributed by atoms with van der Waals surface area (Å²) in [5, 5.41) is 2.54.